The Bertz CT molecular complexity index is 280. The molecule has 0 aromatic heterocycles. The second-order valence-electron chi connectivity index (χ2n) is 3.47. The van der Waals surface area contributed by atoms with Crippen molar-refractivity contribution in [3.05, 3.63) is 35.9 Å². The predicted molar refractivity (Wildman–Crippen MR) is 59.7 cm³/mol. The molecule has 1 aromatic rings. The van der Waals surface area contributed by atoms with Gasteiger partial charge < -0.3 is 4.74 Å². The van der Waals surface area contributed by atoms with Crippen LogP contribution < -0.4 is 0 Å². The molecule has 0 atom stereocenters. The largest absolute Gasteiger partial charge is 0.462 e. The van der Waals surface area contributed by atoms with Gasteiger partial charge in [0.1, 0.15) is 0 Å². The summed E-state index contributed by atoms with van der Waals surface area (Å²) >= 11 is 0. The zero-order chi connectivity index (χ0) is 10.9. The summed E-state index contributed by atoms with van der Waals surface area (Å²) in [4.78, 5) is 11.4. The van der Waals surface area contributed by atoms with Crippen molar-refractivity contribution in [3.63, 3.8) is 0 Å². The Kier molecular flexibility index (Phi) is 5.52. The summed E-state index contributed by atoms with van der Waals surface area (Å²) in [6, 6.07) is 9.92. The number of hydrogen-bond donors (Lipinski definition) is 0. The molecule has 0 spiro atoms. The van der Waals surface area contributed by atoms with Crippen molar-refractivity contribution < 1.29 is 9.53 Å². The van der Waals surface area contributed by atoms with Gasteiger partial charge in [0.2, 0.25) is 0 Å². The summed E-state index contributed by atoms with van der Waals surface area (Å²) in [6.45, 7) is 2.67. The van der Waals surface area contributed by atoms with Crippen molar-refractivity contribution in [1.29, 1.82) is 0 Å². The number of hydrogen-bond acceptors (Lipinski definition) is 2. The Morgan fingerprint density at radius 2 is 2.20 bits per heavy atom. The minimum atomic E-state index is -0.271. The molecule has 0 amide bonds. The molecule has 0 heterocycles. The zero-order valence-corrected chi connectivity index (χ0v) is 9.16. The maximum Gasteiger partial charge on any atom is 0.338 e. The van der Waals surface area contributed by atoms with Crippen molar-refractivity contribution in [2.24, 2.45) is 0 Å². The molecule has 15 heavy (non-hydrogen) atoms. The molecule has 0 saturated carbocycles. The Hall–Kier alpha value is -1.31. The molecule has 81 valence electrons. The standard InChI is InChI=1S/C13H17O2/c1-2-3-4-8-11-15-13(14)12-9-6-5-7-10-12/h5-7,9H,2-4,8,11H2,1H3. The second kappa shape index (κ2) is 7.04. The summed E-state index contributed by atoms with van der Waals surface area (Å²) in [6.07, 6.45) is 4.48. The highest BCUT2D eigenvalue weighted by Crippen LogP contribution is 2.03. The molecule has 0 saturated heterocycles. The van der Waals surface area contributed by atoms with Crippen LogP contribution in [0.25, 0.3) is 0 Å². The van der Waals surface area contributed by atoms with Gasteiger partial charge in [-0.1, -0.05) is 44.4 Å². The van der Waals surface area contributed by atoms with E-state index in [9.17, 15) is 4.79 Å². The summed E-state index contributed by atoms with van der Waals surface area (Å²) in [7, 11) is 0. The monoisotopic (exact) mass is 205 g/mol. The highest BCUT2D eigenvalue weighted by atomic mass is 16.5. The molecule has 0 aliphatic heterocycles. The van der Waals surface area contributed by atoms with Crippen molar-refractivity contribution in [3.8, 4) is 0 Å². The molecule has 1 radical (unpaired) electrons. The van der Waals surface area contributed by atoms with Gasteiger partial charge in [0.05, 0.1) is 12.2 Å². The molecule has 0 aliphatic carbocycles. The Morgan fingerprint density at radius 3 is 2.87 bits per heavy atom. The quantitative estimate of drug-likeness (QED) is 0.526. The first-order valence-electron chi connectivity index (χ1n) is 5.48. The van der Waals surface area contributed by atoms with Crippen LogP contribution in [0.3, 0.4) is 0 Å². The van der Waals surface area contributed by atoms with Crippen LogP contribution in [0.5, 0.6) is 0 Å². The van der Waals surface area contributed by atoms with E-state index in [1.807, 2.05) is 12.1 Å². The van der Waals surface area contributed by atoms with Crippen molar-refractivity contribution >= 4 is 5.97 Å². The van der Waals surface area contributed by atoms with E-state index in [0.29, 0.717) is 12.2 Å². The fraction of sp³-hybridized carbons (Fsp3) is 0.462. The number of rotatable bonds is 6. The molecule has 0 unspecified atom stereocenters. The Morgan fingerprint density at radius 1 is 1.33 bits per heavy atom. The third-order valence-electron chi connectivity index (χ3n) is 2.16. The molecule has 0 aliphatic rings. The Balaban J connectivity index is 2.20. The molecule has 1 rings (SSSR count). The van der Waals surface area contributed by atoms with E-state index in [1.54, 1.807) is 12.1 Å². The van der Waals surface area contributed by atoms with Crippen LogP contribution in [-0.4, -0.2) is 12.6 Å². The average Bonchev–Trinajstić information content (AvgIpc) is 2.30. The average molecular weight is 205 g/mol. The van der Waals surface area contributed by atoms with Crippen LogP contribution >= 0.6 is 0 Å². The lowest BCUT2D eigenvalue weighted by atomic mass is 10.2. The van der Waals surface area contributed by atoms with Gasteiger partial charge in [0.15, 0.2) is 0 Å². The van der Waals surface area contributed by atoms with Crippen LogP contribution in [0.2, 0.25) is 0 Å². The van der Waals surface area contributed by atoms with E-state index in [2.05, 4.69) is 13.0 Å². The van der Waals surface area contributed by atoms with Crippen LogP contribution in [0, 0.1) is 6.07 Å². The van der Waals surface area contributed by atoms with Crippen LogP contribution in [0.1, 0.15) is 43.0 Å². The van der Waals surface area contributed by atoms with Gasteiger partial charge in [0.25, 0.3) is 0 Å². The minimum Gasteiger partial charge on any atom is -0.462 e. The van der Waals surface area contributed by atoms with E-state index < -0.39 is 0 Å². The highest BCUT2D eigenvalue weighted by Gasteiger charge is 2.04. The van der Waals surface area contributed by atoms with E-state index >= 15 is 0 Å². The lowest BCUT2D eigenvalue weighted by Gasteiger charge is -2.03. The molecule has 0 fully saturated rings. The zero-order valence-electron chi connectivity index (χ0n) is 9.16. The van der Waals surface area contributed by atoms with Gasteiger partial charge in [-0.05, 0) is 18.6 Å². The second-order valence-corrected chi connectivity index (χ2v) is 3.47. The van der Waals surface area contributed by atoms with Gasteiger partial charge >= 0.3 is 5.97 Å². The van der Waals surface area contributed by atoms with Gasteiger partial charge in [-0.3, -0.25) is 0 Å². The molecule has 0 bridgehead atoms. The van der Waals surface area contributed by atoms with Crippen LogP contribution in [-0.2, 0) is 4.74 Å². The number of ether oxygens (including phenoxy) is 1. The lowest BCUT2D eigenvalue weighted by Crippen LogP contribution is -2.06. The smallest absolute Gasteiger partial charge is 0.338 e. The first-order chi connectivity index (χ1) is 7.34. The molecule has 2 heteroatoms. The third kappa shape index (κ3) is 4.63. The van der Waals surface area contributed by atoms with Gasteiger partial charge in [0, 0.05) is 0 Å². The predicted octanol–water partition coefficient (Wildman–Crippen LogP) is 3.22. The maximum absolute atomic E-state index is 11.4. The molecular formula is C13H17O2. The van der Waals surface area contributed by atoms with Crippen molar-refractivity contribution in [2.45, 2.75) is 32.6 Å². The van der Waals surface area contributed by atoms with Crippen molar-refractivity contribution in [2.75, 3.05) is 6.61 Å². The number of esters is 1. The normalized spacial score (nSPS) is 9.93. The first-order valence-corrected chi connectivity index (χ1v) is 5.48. The van der Waals surface area contributed by atoms with Gasteiger partial charge in [-0.15, -0.1) is 0 Å². The third-order valence-corrected chi connectivity index (χ3v) is 2.16. The van der Waals surface area contributed by atoms with E-state index in [0.717, 1.165) is 12.8 Å². The van der Waals surface area contributed by atoms with E-state index in [-0.39, 0.29) is 5.97 Å². The fourth-order valence-electron chi connectivity index (χ4n) is 1.29. The topological polar surface area (TPSA) is 26.3 Å². The lowest BCUT2D eigenvalue weighted by molar-refractivity contribution is 0.0497. The summed E-state index contributed by atoms with van der Waals surface area (Å²) in [5, 5.41) is 0. The summed E-state index contributed by atoms with van der Waals surface area (Å²) in [5.74, 6) is -0.271. The van der Waals surface area contributed by atoms with Crippen LogP contribution in [0.15, 0.2) is 24.3 Å². The number of unbranched alkanes of at least 4 members (excludes halogenated alkanes) is 3. The summed E-state index contributed by atoms with van der Waals surface area (Å²) in [5.41, 5.74) is 0.507. The minimum absolute atomic E-state index is 0.271. The molecular weight excluding hydrogens is 188 g/mol. The van der Waals surface area contributed by atoms with Crippen molar-refractivity contribution in [1.82, 2.24) is 0 Å². The molecule has 0 N–H and O–H groups in total. The van der Waals surface area contributed by atoms with Gasteiger partial charge in [-0.25, -0.2) is 4.79 Å². The molecule has 2 nitrogen and oxygen atoms in total. The summed E-state index contributed by atoms with van der Waals surface area (Å²) < 4.78 is 5.10. The first kappa shape index (κ1) is 11.8. The highest BCUT2D eigenvalue weighted by molar-refractivity contribution is 5.88. The Labute approximate surface area is 91.3 Å². The number of carbonyl (C=O) groups excluding carboxylic acids is 1. The number of carbonyl (C=O) groups is 1. The molecule has 1 aromatic carbocycles. The van der Waals surface area contributed by atoms with E-state index in [1.165, 1.54) is 12.8 Å². The van der Waals surface area contributed by atoms with Gasteiger partial charge in [-0.2, -0.15) is 0 Å². The van der Waals surface area contributed by atoms with Crippen LogP contribution in [0.4, 0.5) is 0 Å². The van der Waals surface area contributed by atoms with E-state index in [4.69, 9.17) is 4.74 Å². The number of benzene rings is 1. The SMILES string of the molecule is CCCCCCOC(=O)c1[c]cccc1. The fourth-order valence-corrected chi connectivity index (χ4v) is 1.29. The maximum atomic E-state index is 11.4.